The Kier molecular flexibility index (Phi) is 3.08. The van der Waals surface area contributed by atoms with Crippen molar-refractivity contribution in [2.45, 2.75) is 0 Å². The highest BCUT2D eigenvalue weighted by Crippen LogP contribution is 2.05. The van der Waals surface area contributed by atoms with Gasteiger partial charge in [-0.2, -0.15) is 0 Å². The number of carbonyl (C=O) groups excluding carboxylic acids is 1. The van der Waals surface area contributed by atoms with Crippen LogP contribution >= 0.6 is 0 Å². The third kappa shape index (κ3) is 2.98. The molecule has 5 heteroatoms. The number of rotatable bonds is 3. The van der Waals surface area contributed by atoms with Gasteiger partial charge in [-0.15, -0.1) is 0 Å². The van der Waals surface area contributed by atoms with Crippen molar-refractivity contribution in [1.82, 2.24) is 4.98 Å². The minimum absolute atomic E-state index is 0.127. The first-order valence-corrected chi connectivity index (χ1v) is 3.74. The van der Waals surface area contributed by atoms with Gasteiger partial charge >= 0.3 is 5.97 Å². The Hall–Kier alpha value is -1.78. The van der Waals surface area contributed by atoms with Gasteiger partial charge in [0.05, 0.1) is 19.0 Å². The summed E-state index contributed by atoms with van der Waals surface area (Å²) in [6.07, 6.45) is 1.55. The number of nitrogens with two attached hydrogens (primary N) is 1. The molecule has 0 aliphatic carbocycles. The molecule has 0 aliphatic heterocycles. The second-order valence-electron chi connectivity index (χ2n) is 2.40. The molecule has 3 N–H and O–H groups in total. The number of hydrogen-bond donors (Lipinski definition) is 2. The standard InChI is InChI=1S/C8H11N3O2/c1-13-8(12)5-10-6-2-3-7(9)11-4-6/h2-4,10H,5H2,1H3,(H2,9,11). The van der Waals surface area contributed by atoms with Gasteiger partial charge in [-0.1, -0.05) is 0 Å². The average Bonchev–Trinajstić information content (AvgIpc) is 2.16. The number of aromatic nitrogens is 1. The summed E-state index contributed by atoms with van der Waals surface area (Å²) in [5, 5.41) is 2.83. The number of nitrogens with zero attached hydrogens (tertiary/aromatic N) is 1. The Morgan fingerprint density at radius 2 is 2.46 bits per heavy atom. The zero-order chi connectivity index (χ0) is 9.68. The maximum absolute atomic E-state index is 10.7. The zero-order valence-corrected chi connectivity index (χ0v) is 7.28. The van der Waals surface area contributed by atoms with E-state index in [-0.39, 0.29) is 12.5 Å². The average molecular weight is 181 g/mol. The van der Waals surface area contributed by atoms with Gasteiger partial charge in [0.1, 0.15) is 12.4 Å². The van der Waals surface area contributed by atoms with Gasteiger partial charge in [0, 0.05) is 0 Å². The van der Waals surface area contributed by atoms with E-state index in [2.05, 4.69) is 15.0 Å². The minimum atomic E-state index is -0.322. The lowest BCUT2D eigenvalue weighted by atomic mass is 10.4. The Labute approximate surface area is 75.9 Å². The number of anilines is 2. The summed E-state index contributed by atoms with van der Waals surface area (Å²) < 4.78 is 4.45. The van der Waals surface area contributed by atoms with Gasteiger partial charge in [-0.25, -0.2) is 4.98 Å². The van der Waals surface area contributed by atoms with Gasteiger partial charge in [0.15, 0.2) is 0 Å². The first-order chi connectivity index (χ1) is 6.22. The molecule has 0 fully saturated rings. The highest BCUT2D eigenvalue weighted by molar-refractivity contribution is 5.74. The zero-order valence-electron chi connectivity index (χ0n) is 7.28. The monoisotopic (exact) mass is 181 g/mol. The number of pyridine rings is 1. The summed E-state index contributed by atoms with van der Waals surface area (Å²) in [6.45, 7) is 0.127. The van der Waals surface area contributed by atoms with Crippen molar-refractivity contribution in [2.75, 3.05) is 24.7 Å². The molecular weight excluding hydrogens is 170 g/mol. The van der Waals surface area contributed by atoms with Crippen molar-refractivity contribution in [1.29, 1.82) is 0 Å². The van der Waals surface area contributed by atoms with Crippen LogP contribution in [0.1, 0.15) is 0 Å². The molecule has 0 bridgehead atoms. The smallest absolute Gasteiger partial charge is 0.325 e. The second kappa shape index (κ2) is 4.30. The largest absolute Gasteiger partial charge is 0.468 e. The van der Waals surface area contributed by atoms with E-state index in [0.29, 0.717) is 5.82 Å². The fraction of sp³-hybridized carbons (Fsp3) is 0.250. The fourth-order valence-corrected chi connectivity index (χ4v) is 0.756. The van der Waals surface area contributed by atoms with E-state index in [4.69, 9.17) is 5.73 Å². The van der Waals surface area contributed by atoms with E-state index in [0.717, 1.165) is 5.69 Å². The summed E-state index contributed by atoms with van der Waals surface area (Å²) in [7, 11) is 1.34. The van der Waals surface area contributed by atoms with E-state index >= 15 is 0 Å². The lowest BCUT2D eigenvalue weighted by Crippen LogP contribution is -2.14. The number of ether oxygens (including phenoxy) is 1. The normalized spacial score (nSPS) is 9.31. The third-order valence-corrected chi connectivity index (χ3v) is 1.45. The van der Waals surface area contributed by atoms with Gasteiger partial charge < -0.3 is 15.8 Å². The predicted octanol–water partition coefficient (Wildman–Crippen LogP) is 0.249. The number of esters is 1. The molecule has 1 aromatic rings. The molecule has 1 aromatic heterocycles. The van der Waals surface area contributed by atoms with Crippen LogP contribution in [0.2, 0.25) is 0 Å². The van der Waals surface area contributed by atoms with Gasteiger partial charge in [0.25, 0.3) is 0 Å². The molecule has 1 heterocycles. The highest BCUT2D eigenvalue weighted by Gasteiger charge is 1.98. The lowest BCUT2D eigenvalue weighted by Gasteiger charge is -2.03. The summed E-state index contributed by atoms with van der Waals surface area (Å²) in [6, 6.07) is 3.39. The SMILES string of the molecule is COC(=O)CNc1ccc(N)nc1. The minimum Gasteiger partial charge on any atom is -0.468 e. The van der Waals surface area contributed by atoms with Crippen LogP contribution in [0.4, 0.5) is 11.5 Å². The van der Waals surface area contributed by atoms with E-state index in [1.54, 1.807) is 18.3 Å². The van der Waals surface area contributed by atoms with Gasteiger partial charge in [0.2, 0.25) is 0 Å². The maximum atomic E-state index is 10.7. The first kappa shape index (κ1) is 9.31. The summed E-state index contributed by atoms with van der Waals surface area (Å²) in [5.74, 6) is 0.125. The maximum Gasteiger partial charge on any atom is 0.325 e. The van der Waals surface area contributed by atoms with Crippen molar-refractivity contribution in [3.63, 3.8) is 0 Å². The van der Waals surface area contributed by atoms with Crippen molar-refractivity contribution in [3.05, 3.63) is 18.3 Å². The van der Waals surface area contributed by atoms with Crippen molar-refractivity contribution >= 4 is 17.5 Å². The van der Waals surface area contributed by atoms with E-state index in [9.17, 15) is 4.79 Å². The lowest BCUT2D eigenvalue weighted by molar-refractivity contribution is -0.138. The molecule has 0 radical (unpaired) electrons. The first-order valence-electron chi connectivity index (χ1n) is 3.74. The topological polar surface area (TPSA) is 77.2 Å². The van der Waals surface area contributed by atoms with Crippen LogP contribution in [0.3, 0.4) is 0 Å². The number of nitrogens with one attached hydrogen (secondary N) is 1. The third-order valence-electron chi connectivity index (χ3n) is 1.45. The van der Waals surface area contributed by atoms with Crippen molar-refractivity contribution in [3.8, 4) is 0 Å². The number of methoxy groups -OCH3 is 1. The highest BCUT2D eigenvalue weighted by atomic mass is 16.5. The molecule has 13 heavy (non-hydrogen) atoms. The molecule has 0 saturated heterocycles. The molecule has 0 atom stereocenters. The second-order valence-corrected chi connectivity index (χ2v) is 2.40. The van der Waals surface area contributed by atoms with Crippen LogP contribution in [-0.4, -0.2) is 24.6 Å². The molecule has 0 spiro atoms. The van der Waals surface area contributed by atoms with Crippen molar-refractivity contribution < 1.29 is 9.53 Å². The molecule has 0 saturated carbocycles. The quantitative estimate of drug-likeness (QED) is 0.653. The predicted molar refractivity (Wildman–Crippen MR) is 49.2 cm³/mol. The Morgan fingerprint density at radius 1 is 1.69 bits per heavy atom. The molecule has 0 aromatic carbocycles. The molecule has 0 amide bonds. The van der Waals surface area contributed by atoms with Crippen LogP contribution in [-0.2, 0) is 9.53 Å². The van der Waals surface area contributed by atoms with Crippen LogP contribution < -0.4 is 11.1 Å². The summed E-state index contributed by atoms with van der Waals surface area (Å²) >= 11 is 0. The van der Waals surface area contributed by atoms with Crippen LogP contribution in [0.15, 0.2) is 18.3 Å². The van der Waals surface area contributed by atoms with Crippen LogP contribution in [0.5, 0.6) is 0 Å². The van der Waals surface area contributed by atoms with Gasteiger partial charge in [-0.05, 0) is 12.1 Å². The Morgan fingerprint density at radius 3 is 3.00 bits per heavy atom. The molecule has 5 nitrogen and oxygen atoms in total. The van der Waals surface area contributed by atoms with E-state index in [1.807, 2.05) is 0 Å². The molecule has 70 valence electrons. The Bertz CT molecular complexity index is 284. The summed E-state index contributed by atoms with van der Waals surface area (Å²) in [5.41, 5.74) is 6.11. The van der Waals surface area contributed by atoms with Crippen LogP contribution in [0.25, 0.3) is 0 Å². The molecule has 1 rings (SSSR count). The fourth-order valence-electron chi connectivity index (χ4n) is 0.756. The molecule has 0 unspecified atom stereocenters. The van der Waals surface area contributed by atoms with Crippen LogP contribution in [0, 0.1) is 0 Å². The number of nitrogen functional groups attached to an aromatic ring is 1. The van der Waals surface area contributed by atoms with E-state index < -0.39 is 0 Å². The number of carbonyl (C=O) groups is 1. The van der Waals surface area contributed by atoms with Gasteiger partial charge in [-0.3, -0.25) is 4.79 Å². The summed E-state index contributed by atoms with van der Waals surface area (Å²) in [4.78, 5) is 14.6. The van der Waals surface area contributed by atoms with E-state index in [1.165, 1.54) is 7.11 Å². The molecule has 0 aliphatic rings. The number of hydrogen-bond acceptors (Lipinski definition) is 5. The molecular formula is C8H11N3O2. The van der Waals surface area contributed by atoms with Crippen molar-refractivity contribution in [2.24, 2.45) is 0 Å². The Balaban J connectivity index is 2.46.